The van der Waals surface area contributed by atoms with Crippen molar-refractivity contribution in [2.75, 3.05) is 6.54 Å². The number of rotatable bonds is 1. The number of hydrogen-bond donors (Lipinski definition) is 1. The standard InChI is InChI=1S/C12H11ClN2O/c13-9-3-1-8(2-4-9)12-10-7-14-6-5-11(10)16-15-12/h1-4,14H,5-7H2. The van der Waals surface area contributed by atoms with E-state index in [9.17, 15) is 0 Å². The van der Waals surface area contributed by atoms with Crippen LogP contribution in [0.25, 0.3) is 11.3 Å². The highest BCUT2D eigenvalue weighted by atomic mass is 35.5. The molecule has 4 heteroatoms. The zero-order valence-corrected chi connectivity index (χ0v) is 9.42. The average Bonchev–Trinajstić information content (AvgIpc) is 2.74. The van der Waals surface area contributed by atoms with E-state index in [1.807, 2.05) is 24.3 Å². The van der Waals surface area contributed by atoms with E-state index in [0.29, 0.717) is 0 Å². The van der Waals surface area contributed by atoms with Crippen LogP contribution in [0.1, 0.15) is 11.3 Å². The number of benzene rings is 1. The molecule has 2 heterocycles. The summed E-state index contributed by atoms with van der Waals surface area (Å²) in [5.41, 5.74) is 3.16. The number of nitrogens with one attached hydrogen (secondary N) is 1. The quantitative estimate of drug-likeness (QED) is 0.825. The molecule has 3 nitrogen and oxygen atoms in total. The van der Waals surface area contributed by atoms with E-state index in [0.717, 1.165) is 41.6 Å². The van der Waals surface area contributed by atoms with Gasteiger partial charge in [0.25, 0.3) is 0 Å². The van der Waals surface area contributed by atoms with E-state index < -0.39 is 0 Å². The maximum absolute atomic E-state index is 5.86. The Kier molecular flexibility index (Phi) is 2.42. The highest BCUT2D eigenvalue weighted by molar-refractivity contribution is 6.30. The molecule has 1 aliphatic heterocycles. The minimum atomic E-state index is 0.735. The molecule has 2 aromatic rings. The first-order valence-corrected chi connectivity index (χ1v) is 5.66. The minimum absolute atomic E-state index is 0.735. The first-order chi connectivity index (χ1) is 7.84. The van der Waals surface area contributed by atoms with Crippen LogP contribution in [0.15, 0.2) is 28.8 Å². The number of halogens is 1. The van der Waals surface area contributed by atoms with Crippen LogP contribution in [0.5, 0.6) is 0 Å². The van der Waals surface area contributed by atoms with Gasteiger partial charge in [0, 0.05) is 35.7 Å². The number of fused-ring (bicyclic) bond motifs is 1. The molecule has 0 unspecified atom stereocenters. The topological polar surface area (TPSA) is 38.1 Å². The van der Waals surface area contributed by atoms with Crippen molar-refractivity contribution in [2.24, 2.45) is 0 Å². The third kappa shape index (κ3) is 1.62. The highest BCUT2D eigenvalue weighted by Crippen LogP contribution is 2.28. The molecule has 82 valence electrons. The van der Waals surface area contributed by atoms with Gasteiger partial charge in [-0.05, 0) is 12.1 Å². The van der Waals surface area contributed by atoms with Crippen LogP contribution in [0.3, 0.4) is 0 Å². The predicted molar refractivity (Wildman–Crippen MR) is 62.4 cm³/mol. The summed E-state index contributed by atoms with van der Waals surface area (Å²) in [4.78, 5) is 0. The third-order valence-electron chi connectivity index (χ3n) is 2.82. The number of hydrogen-bond acceptors (Lipinski definition) is 3. The lowest BCUT2D eigenvalue weighted by atomic mass is 10.0. The van der Waals surface area contributed by atoms with Gasteiger partial charge in [-0.3, -0.25) is 0 Å². The molecule has 0 bridgehead atoms. The minimum Gasteiger partial charge on any atom is -0.360 e. The molecule has 0 fully saturated rings. The van der Waals surface area contributed by atoms with Gasteiger partial charge in [0.1, 0.15) is 11.5 Å². The van der Waals surface area contributed by atoms with Gasteiger partial charge in [-0.1, -0.05) is 28.9 Å². The molecule has 1 aromatic carbocycles. The number of nitrogens with zero attached hydrogens (tertiary/aromatic N) is 1. The normalized spacial score (nSPS) is 14.8. The Morgan fingerprint density at radius 1 is 1.25 bits per heavy atom. The van der Waals surface area contributed by atoms with Gasteiger partial charge in [0.2, 0.25) is 0 Å². The monoisotopic (exact) mass is 234 g/mol. The molecular formula is C12H11ClN2O. The Hall–Kier alpha value is -1.32. The Balaban J connectivity index is 2.06. The molecule has 1 aromatic heterocycles. The summed E-state index contributed by atoms with van der Waals surface area (Å²) >= 11 is 5.86. The molecule has 1 aliphatic rings. The first kappa shape index (κ1) is 9.87. The summed E-state index contributed by atoms with van der Waals surface area (Å²) in [5, 5.41) is 8.20. The van der Waals surface area contributed by atoms with E-state index in [2.05, 4.69) is 10.5 Å². The second-order valence-electron chi connectivity index (χ2n) is 3.87. The molecule has 0 saturated heterocycles. The van der Waals surface area contributed by atoms with Crippen LogP contribution >= 0.6 is 11.6 Å². The lowest BCUT2D eigenvalue weighted by molar-refractivity contribution is 0.374. The zero-order valence-electron chi connectivity index (χ0n) is 8.66. The second-order valence-corrected chi connectivity index (χ2v) is 4.30. The molecule has 16 heavy (non-hydrogen) atoms. The fourth-order valence-corrected chi connectivity index (χ4v) is 2.10. The Morgan fingerprint density at radius 2 is 2.06 bits per heavy atom. The van der Waals surface area contributed by atoms with Crippen molar-refractivity contribution in [1.29, 1.82) is 0 Å². The van der Waals surface area contributed by atoms with Crippen molar-refractivity contribution in [3.63, 3.8) is 0 Å². The van der Waals surface area contributed by atoms with Crippen molar-refractivity contribution in [3.8, 4) is 11.3 Å². The SMILES string of the molecule is Clc1ccc(-c2noc3c2CNCC3)cc1. The summed E-state index contributed by atoms with van der Waals surface area (Å²) in [6, 6.07) is 7.67. The van der Waals surface area contributed by atoms with Crippen molar-refractivity contribution in [1.82, 2.24) is 10.5 Å². The number of aromatic nitrogens is 1. The lowest BCUT2D eigenvalue weighted by Crippen LogP contribution is -2.22. The Morgan fingerprint density at radius 3 is 2.88 bits per heavy atom. The Labute approximate surface area is 98.4 Å². The van der Waals surface area contributed by atoms with Gasteiger partial charge < -0.3 is 9.84 Å². The van der Waals surface area contributed by atoms with E-state index >= 15 is 0 Å². The average molecular weight is 235 g/mol. The summed E-state index contributed by atoms with van der Waals surface area (Å²) in [7, 11) is 0. The molecule has 0 saturated carbocycles. The molecule has 3 rings (SSSR count). The molecule has 0 aliphatic carbocycles. The third-order valence-corrected chi connectivity index (χ3v) is 3.07. The van der Waals surface area contributed by atoms with E-state index in [1.54, 1.807) is 0 Å². The fourth-order valence-electron chi connectivity index (χ4n) is 1.97. The van der Waals surface area contributed by atoms with Gasteiger partial charge in [0.05, 0.1) is 0 Å². The van der Waals surface area contributed by atoms with Crippen molar-refractivity contribution < 1.29 is 4.52 Å². The van der Waals surface area contributed by atoms with E-state index in [-0.39, 0.29) is 0 Å². The largest absolute Gasteiger partial charge is 0.360 e. The van der Waals surface area contributed by atoms with Crippen LogP contribution in [0.2, 0.25) is 5.02 Å². The van der Waals surface area contributed by atoms with Crippen LogP contribution in [0.4, 0.5) is 0 Å². The summed E-state index contributed by atoms with van der Waals surface area (Å²) < 4.78 is 5.35. The van der Waals surface area contributed by atoms with Crippen molar-refractivity contribution >= 4 is 11.6 Å². The zero-order chi connectivity index (χ0) is 11.0. The van der Waals surface area contributed by atoms with Crippen LogP contribution in [0, 0.1) is 0 Å². The molecule has 0 amide bonds. The van der Waals surface area contributed by atoms with Crippen molar-refractivity contribution in [2.45, 2.75) is 13.0 Å². The van der Waals surface area contributed by atoms with Crippen molar-refractivity contribution in [3.05, 3.63) is 40.6 Å². The Bertz CT molecular complexity index is 504. The maximum Gasteiger partial charge on any atom is 0.143 e. The highest BCUT2D eigenvalue weighted by Gasteiger charge is 2.19. The fraction of sp³-hybridized carbons (Fsp3) is 0.250. The van der Waals surface area contributed by atoms with Crippen LogP contribution in [-0.2, 0) is 13.0 Å². The molecule has 1 N–H and O–H groups in total. The van der Waals surface area contributed by atoms with Gasteiger partial charge >= 0.3 is 0 Å². The lowest BCUT2D eigenvalue weighted by Gasteiger charge is -2.11. The first-order valence-electron chi connectivity index (χ1n) is 5.28. The van der Waals surface area contributed by atoms with Gasteiger partial charge in [0.15, 0.2) is 0 Å². The smallest absolute Gasteiger partial charge is 0.143 e. The molecular weight excluding hydrogens is 224 g/mol. The molecule has 0 spiro atoms. The molecule has 0 radical (unpaired) electrons. The molecule has 0 atom stereocenters. The van der Waals surface area contributed by atoms with E-state index in [1.165, 1.54) is 5.56 Å². The summed E-state index contributed by atoms with van der Waals surface area (Å²) in [6.45, 7) is 1.79. The van der Waals surface area contributed by atoms with Crippen LogP contribution < -0.4 is 5.32 Å². The summed E-state index contributed by atoms with van der Waals surface area (Å²) in [6.07, 6.45) is 0.913. The van der Waals surface area contributed by atoms with Gasteiger partial charge in [-0.25, -0.2) is 0 Å². The van der Waals surface area contributed by atoms with Gasteiger partial charge in [-0.15, -0.1) is 0 Å². The summed E-state index contributed by atoms with van der Waals surface area (Å²) in [5.74, 6) is 1.00. The second kappa shape index (κ2) is 3.92. The van der Waals surface area contributed by atoms with E-state index in [4.69, 9.17) is 16.1 Å². The van der Waals surface area contributed by atoms with Gasteiger partial charge in [-0.2, -0.15) is 0 Å². The predicted octanol–water partition coefficient (Wildman–Crippen LogP) is 2.64. The van der Waals surface area contributed by atoms with Crippen LogP contribution in [-0.4, -0.2) is 11.7 Å². The maximum atomic E-state index is 5.86.